The minimum absolute atomic E-state index is 0.0538. The lowest BCUT2D eigenvalue weighted by molar-refractivity contribution is -0.132. The van der Waals surface area contributed by atoms with Crippen LogP contribution in [0.2, 0.25) is 0 Å². The van der Waals surface area contributed by atoms with E-state index in [0.29, 0.717) is 20.8 Å². The van der Waals surface area contributed by atoms with Gasteiger partial charge in [0.1, 0.15) is 5.76 Å². The quantitative estimate of drug-likeness (QED) is 0.0684. The van der Waals surface area contributed by atoms with Crippen LogP contribution in [0.5, 0.6) is 0 Å². The number of hydrogen-bond acceptors (Lipinski definition) is 7. The van der Waals surface area contributed by atoms with E-state index in [-0.39, 0.29) is 11.3 Å². The molecule has 5 aromatic rings. The van der Waals surface area contributed by atoms with Crippen molar-refractivity contribution in [1.82, 2.24) is 10.2 Å². The Kier molecular flexibility index (Phi) is 7.66. The van der Waals surface area contributed by atoms with E-state index in [0.717, 1.165) is 28.7 Å². The third-order valence-corrected chi connectivity index (χ3v) is 9.73. The lowest BCUT2D eigenvalue weighted by atomic mass is 9.93. The third-order valence-electron chi connectivity index (χ3n) is 7.63. The molecule has 6 nitrogen and oxygen atoms in total. The number of ketones is 1. The molecule has 0 bridgehead atoms. The summed E-state index contributed by atoms with van der Waals surface area (Å²) in [6, 6.07) is 27.1. The van der Waals surface area contributed by atoms with E-state index in [4.69, 9.17) is 0 Å². The van der Waals surface area contributed by atoms with Crippen molar-refractivity contribution in [1.29, 1.82) is 0 Å². The van der Waals surface area contributed by atoms with Gasteiger partial charge in [-0.2, -0.15) is 0 Å². The van der Waals surface area contributed by atoms with E-state index < -0.39 is 17.7 Å². The number of aromatic nitrogens is 2. The molecule has 0 saturated carbocycles. The zero-order valence-corrected chi connectivity index (χ0v) is 25.1. The van der Waals surface area contributed by atoms with Crippen LogP contribution < -0.4 is 4.90 Å². The van der Waals surface area contributed by atoms with E-state index in [1.807, 2.05) is 74.5 Å². The lowest BCUT2D eigenvalue weighted by Crippen LogP contribution is -2.29. The maximum atomic E-state index is 13.6. The van der Waals surface area contributed by atoms with E-state index in [1.54, 1.807) is 11.8 Å². The Hall–Kier alpha value is -4.27. The minimum atomic E-state index is -0.834. The number of amides is 1. The van der Waals surface area contributed by atoms with Crippen molar-refractivity contribution >= 4 is 56.5 Å². The van der Waals surface area contributed by atoms with Crippen molar-refractivity contribution in [2.75, 3.05) is 4.90 Å². The molecule has 6 rings (SSSR count). The van der Waals surface area contributed by atoms with Crippen molar-refractivity contribution in [3.63, 3.8) is 0 Å². The summed E-state index contributed by atoms with van der Waals surface area (Å²) < 4.78 is 0.689. The van der Waals surface area contributed by atoms with Crippen molar-refractivity contribution in [3.05, 3.63) is 124 Å². The maximum Gasteiger partial charge on any atom is 0.301 e. The van der Waals surface area contributed by atoms with Gasteiger partial charge in [-0.3, -0.25) is 14.5 Å². The summed E-state index contributed by atoms with van der Waals surface area (Å²) in [5.41, 5.74) is 5.38. The van der Waals surface area contributed by atoms with E-state index in [9.17, 15) is 14.7 Å². The van der Waals surface area contributed by atoms with Gasteiger partial charge in [-0.25, -0.2) is 0 Å². The number of fused-ring (bicyclic) bond motifs is 1. The van der Waals surface area contributed by atoms with Gasteiger partial charge in [0, 0.05) is 11.3 Å². The molecule has 0 spiro atoms. The molecule has 1 aliphatic rings. The minimum Gasteiger partial charge on any atom is -0.507 e. The second-order valence-electron chi connectivity index (χ2n) is 10.4. The highest BCUT2D eigenvalue weighted by Crippen LogP contribution is 2.44. The number of benzene rings is 4. The molecule has 1 amide bonds. The SMILES string of the molecule is CCc1ccc(C2/C(=C(\O)c3cc(C)ccc3C)C(=O)C(=O)N2c2nnc(SCc3cccc4ccccc34)s2)cc1. The second kappa shape index (κ2) is 11.5. The molecule has 0 radical (unpaired) electrons. The fourth-order valence-corrected chi connectivity index (χ4v) is 7.20. The molecule has 0 aliphatic carbocycles. The number of nitrogens with zero attached hydrogens (tertiary/aromatic N) is 3. The van der Waals surface area contributed by atoms with Gasteiger partial charge in [-0.05, 0) is 59.4 Å². The van der Waals surface area contributed by atoms with E-state index in [1.165, 1.54) is 32.6 Å². The first kappa shape index (κ1) is 27.9. The first-order valence-corrected chi connectivity index (χ1v) is 15.6. The molecule has 1 fully saturated rings. The summed E-state index contributed by atoms with van der Waals surface area (Å²) in [4.78, 5) is 28.6. The molecule has 210 valence electrons. The number of Topliss-reactive ketones (excluding diaryl/α,β-unsaturated/α-hetero) is 1. The van der Waals surface area contributed by atoms with Gasteiger partial charge < -0.3 is 5.11 Å². The molecule has 1 aromatic heterocycles. The molecular formula is C34H29N3O3S2. The van der Waals surface area contributed by atoms with Crippen LogP contribution in [0.4, 0.5) is 5.13 Å². The Balaban J connectivity index is 1.39. The standard InChI is InChI=1S/C34H29N3O3S2/c1-4-22-14-16-24(17-15-22)29-28(30(38)27-18-20(2)12-13-21(27)3)31(39)32(40)37(29)33-35-36-34(42-33)41-19-25-10-7-9-23-8-5-6-11-26(23)25/h5-18,29,38H,4,19H2,1-3H3/b30-28+. The maximum absolute atomic E-state index is 13.6. The first-order chi connectivity index (χ1) is 20.4. The predicted octanol–water partition coefficient (Wildman–Crippen LogP) is 7.79. The van der Waals surface area contributed by atoms with Crippen LogP contribution in [-0.2, 0) is 21.8 Å². The average molecular weight is 592 g/mol. The van der Waals surface area contributed by atoms with Crippen molar-refractivity contribution in [2.45, 2.75) is 43.3 Å². The van der Waals surface area contributed by atoms with Crippen LogP contribution in [0, 0.1) is 13.8 Å². The molecule has 4 aromatic carbocycles. The molecular weight excluding hydrogens is 563 g/mol. The topological polar surface area (TPSA) is 83.4 Å². The molecule has 1 saturated heterocycles. The Bertz CT molecular complexity index is 1850. The summed E-state index contributed by atoms with van der Waals surface area (Å²) in [6.07, 6.45) is 0.858. The Labute approximate surface area is 252 Å². The molecule has 42 heavy (non-hydrogen) atoms. The Morgan fingerprint density at radius 2 is 1.71 bits per heavy atom. The zero-order valence-electron chi connectivity index (χ0n) is 23.5. The highest BCUT2D eigenvalue weighted by Gasteiger charge is 2.48. The molecule has 8 heteroatoms. The zero-order chi connectivity index (χ0) is 29.4. The molecule has 1 unspecified atom stereocenters. The molecule has 1 atom stereocenters. The summed E-state index contributed by atoms with van der Waals surface area (Å²) >= 11 is 2.81. The third kappa shape index (κ3) is 5.12. The summed E-state index contributed by atoms with van der Waals surface area (Å²) in [6.45, 7) is 5.87. The number of anilines is 1. The number of thioether (sulfide) groups is 1. The summed E-state index contributed by atoms with van der Waals surface area (Å²) in [7, 11) is 0. The fourth-order valence-electron chi connectivity index (χ4n) is 5.33. The number of carbonyl (C=O) groups is 2. The molecule has 2 heterocycles. The van der Waals surface area contributed by atoms with Gasteiger partial charge in [-0.15, -0.1) is 10.2 Å². The molecule has 1 N–H and O–H groups in total. The van der Waals surface area contributed by atoms with Crippen LogP contribution in [0.25, 0.3) is 16.5 Å². The monoisotopic (exact) mass is 591 g/mol. The molecule has 1 aliphatic heterocycles. The van der Waals surface area contributed by atoms with Gasteiger partial charge in [0.25, 0.3) is 5.78 Å². The lowest BCUT2D eigenvalue weighted by Gasteiger charge is -2.23. The number of aryl methyl sites for hydroxylation is 3. The van der Waals surface area contributed by atoms with Gasteiger partial charge in [-0.1, -0.05) is 114 Å². The first-order valence-electron chi connectivity index (χ1n) is 13.8. The number of hydrogen-bond donors (Lipinski definition) is 1. The van der Waals surface area contributed by atoms with Gasteiger partial charge in [0.05, 0.1) is 11.6 Å². The number of rotatable bonds is 7. The number of carbonyl (C=O) groups excluding carboxylic acids is 2. The van der Waals surface area contributed by atoms with Crippen molar-refractivity contribution in [3.8, 4) is 0 Å². The van der Waals surface area contributed by atoms with Gasteiger partial charge in [0.2, 0.25) is 5.13 Å². The average Bonchev–Trinajstić information content (AvgIpc) is 3.58. The van der Waals surface area contributed by atoms with Crippen LogP contribution in [0.1, 0.15) is 46.3 Å². The largest absolute Gasteiger partial charge is 0.507 e. The Morgan fingerprint density at radius 3 is 2.50 bits per heavy atom. The van der Waals surface area contributed by atoms with Crippen molar-refractivity contribution < 1.29 is 14.7 Å². The van der Waals surface area contributed by atoms with Crippen LogP contribution in [0.15, 0.2) is 94.8 Å². The van der Waals surface area contributed by atoms with E-state index >= 15 is 0 Å². The highest BCUT2D eigenvalue weighted by atomic mass is 32.2. The highest BCUT2D eigenvalue weighted by molar-refractivity contribution is 8.00. The normalized spacial score (nSPS) is 16.5. The van der Waals surface area contributed by atoms with Gasteiger partial charge >= 0.3 is 5.91 Å². The van der Waals surface area contributed by atoms with Crippen LogP contribution in [0.3, 0.4) is 0 Å². The summed E-state index contributed by atoms with van der Waals surface area (Å²) in [5, 5.41) is 23.0. The van der Waals surface area contributed by atoms with Crippen LogP contribution in [-0.4, -0.2) is 27.0 Å². The smallest absolute Gasteiger partial charge is 0.301 e. The van der Waals surface area contributed by atoms with Gasteiger partial charge in [0.15, 0.2) is 4.34 Å². The fraction of sp³-hybridized carbons (Fsp3) is 0.176. The number of aliphatic hydroxyl groups excluding tert-OH is 1. The Morgan fingerprint density at radius 1 is 0.952 bits per heavy atom. The number of aliphatic hydroxyl groups is 1. The second-order valence-corrected chi connectivity index (χ2v) is 12.5. The van der Waals surface area contributed by atoms with E-state index in [2.05, 4.69) is 41.4 Å². The summed E-state index contributed by atoms with van der Waals surface area (Å²) in [5.74, 6) is -0.966. The van der Waals surface area contributed by atoms with Crippen LogP contribution >= 0.6 is 23.1 Å². The van der Waals surface area contributed by atoms with Crippen molar-refractivity contribution in [2.24, 2.45) is 0 Å². The predicted molar refractivity (Wildman–Crippen MR) is 170 cm³/mol.